The molecule has 2 N–H and O–H groups in total. The van der Waals surface area contributed by atoms with E-state index < -0.39 is 0 Å². The summed E-state index contributed by atoms with van der Waals surface area (Å²) in [4.78, 5) is 13.8. The Hall–Kier alpha value is -0.570. The van der Waals surface area contributed by atoms with Gasteiger partial charge in [-0.2, -0.15) is 0 Å². The van der Waals surface area contributed by atoms with Gasteiger partial charge in [-0.15, -0.1) is 0 Å². The minimum Gasteiger partial charge on any atom is -0.343 e. The SMILES string of the molecule is CC(C)C(N)CC(=O)N(C)C1CCCC1. The van der Waals surface area contributed by atoms with E-state index in [2.05, 4.69) is 13.8 Å². The number of nitrogens with zero attached hydrogens (tertiary/aromatic N) is 1. The Morgan fingerprint density at radius 1 is 1.40 bits per heavy atom. The molecule has 1 saturated carbocycles. The fourth-order valence-corrected chi connectivity index (χ4v) is 2.08. The molecule has 15 heavy (non-hydrogen) atoms. The molecular formula is C12H24N2O. The fraction of sp³-hybridized carbons (Fsp3) is 0.917. The molecule has 0 bridgehead atoms. The van der Waals surface area contributed by atoms with Crippen LogP contribution in [-0.2, 0) is 4.79 Å². The summed E-state index contributed by atoms with van der Waals surface area (Å²) in [5.41, 5.74) is 5.91. The van der Waals surface area contributed by atoms with Crippen LogP contribution in [0.3, 0.4) is 0 Å². The van der Waals surface area contributed by atoms with Crippen LogP contribution in [-0.4, -0.2) is 29.9 Å². The van der Waals surface area contributed by atoms with Crippen LogP contribution in [0, 0.1) is 5.92 Å². The van der Waals surface area contributed by atoms with Crippen molar-refractivity contribution >= 4 is 5.91 Å². The molecule has 0 spiro atoms. The highest BCUT2D eigenvalue weighted by atomic mass is 16.2. The Kier molecular flexibility index (Phi) is 4.58. The van der Waals surface area contributed by atoms with Gasteiger partial charge in [0.1, 0.15) is 0 Å². The summed E-state index contributed by atoms with van der Waals surface area (Å²) < 4.78 is 0. The molecule has 1 fully saturated rings. The molecule has 0 saturated heterocycles. The zero-order chi connectivity index (χ0) is 11.4. The molecule has 1 unspecified atom stereocenters. The molecular weight excluding hydrogens is 188 g/mol. The third-order valence-corrected chi connectivity index (χ3v) is 3.53. The standard InChI is InChI=1S/C12H24N2O/c1-9(2)11(13)8-12(15)14(3)10-6-4-5-7-10/h9-11H,4-8,13H2,1-3H3. The van der Waals surface area contributed by atoms with Gasteiger partial charge in [-0.1, -0.05) is 26.7 Å². The van der Waals surface area contributed by atoms with Gasteiger partial charge in [-0.05, 0) is 18.8 Å². The monoisotopic (exact) mass is 212 g/mol. The molecule has 1 aliphatic carbocycles. The molecule has 0 aliphatic heterocycles. The molecule has 0 aromatic heterocycles. The predicted octanol–water partition coefficient (Wildman–Crippen LogP) is 1.76. The molecule has 0 heterocycles. The summed E-state index contributed by atoms with van der Waals surface area (Å²) in [6.07, 6.45) is 5.35. The van der Waals surface area contributed by atoms with Gasteiger partial charge in [0, 0.05) is 25.6 Å². The van der Waals surface area contributed by atoms with Crippen LogP contribution in [0.1, 0.15) is 46.0 Å². The lowest BCUT2D eigenvalue weighted by Crippen LogP contribution is -2.40. The molecule has 1 amide bonds. The fourth-order valence-electron chi connectivity index (χ4n) is 2.08. The van der Waals surface area contributed by atoms with Crippen LogP contribution in [0.5, 0.6) is 0 Å². The van der Waals surface area contributed by atoms with Crippen LogP contribution in [0.25, 0.3) is 0 Å². The highest BCUT2D eigenvalue weighted by Gasteiger charge is 2.24. The van der Waals surface area contributed by atoms with E-state index in [1.807, 2.05) is 11.9 Å². The number of amides is 1. The second-order valence-electron chi connectivity index (χ2n) is 5.05. The molecule has 0 aromatic carbocycles. The highest BCUT2D eigenvalue weighted by Crippen LogP contribution is 2.23. The van der Waals surface area contributed by atoms with Crippen molar-refractivity contribution in [3.8, 4) is 0 Å². The first kappa shape index (κ1) is 12.5. The lowest BCUT2D eigenvalue weighted by molar-refractivity contribution is -0.132. The van der Waals surface area contributed by atoms with Gasteiger partial charge in [0.05, 0.1) is 0 Å². The summed E-state index contributed by atoms with van der Waals surface area (Å²) in [6.45, 7) is 4.13. The number of carbonyl (C=O) groups is 1. The van der Waals surface area contributed by atoms with Gasteiger partial charge in [0.2, 0.25) is 5.91 Å². The van der Waals surface area contributed by atoms with E-state index in [0.29, 0.717) is 18.4 Å². The Morgan fingerprint density at radius 3 is 2.40 bits per heavy atom. The van der Waals surface area contributed by atoms with E-state index >= 15 is 0 Å². The summed E-state index contributed by atoms with van der Waals surface area (Å²) >= 11 is 0. The third kappa shape index (κ3) is 3.49. The summed E-state index contributed by atoms with van der Waals surface area (Å²) in [7, 11) is 1.92. The van der Waals surface area contributed by atoms with Crippen LogP contribution >= 0.6 is 0 Å². The molecule has 3 nitrogen and oxygen atoms in total. The van der Waals surface area contributed by atoms with Crippen molar-refractivity contribution in [1.82, 2.24) is 4.90 Å². The van der Waals surface area contributed by atoms with Crippen molar-refractivity contribution in [2.24, 2.45) is 11.7 Å². The summed E-state index contributed by atoms with van der Waals surface area (Å²) in [5.74, 6) is 0.592. The van der Waals surface area contributed by atoms with Crippen molar-refractivity contribution < 1.29 is 4.79 Å². The van der Waals surface area contributed by atoms with Gasteiger partial charge in [0.25, 0.3) is 0 Å². The van der Waals surface area contributed by atoms with Crippen molar-refractivity contribution in [2.45, 2.75) is 58.0 Å². The average Bonchev–Trinajstić information content (AvgIpc) is 2.68. The van der Waals surface area contributed by atoms with Crippen molar-refractivity contribution in [1.29, 1.82) is 0 Å². The Bertz CT molecular complexity index is 210. The zero-order valence-electron chi connectivity index (χ0n) is 10.2. The van der Waals surface area contributed by atoms with E-state index in [1.54, 1.807) is 0 Å². The molecule has 1 atom stereocenters. The smallest absolute Gasteiger partial charge is 0.224 e. The summed E-state index contributed by atoms with van der Waals surface area (Å²) in [5, 5.41) is 0. The number of nitrogens with two attached hydrogens (primary N) is 1. The molecule has 1 rings (SSSR count). The van der Waals surface area contributed by atoms with Crippen LogP contribution < -0.4 is 5.73 Å². The van der Waals surface area contributed by atoms with Crippen LogP contribution in [0.2, 0.25) is 0 Å². The largest absolute Gasteiger partial charge is 0.343 e. The summed E-state index contributed by atoms with van der Waals surface area (Å²) in [6, 6.07) is 0.471. The van der Waals surface area contributed by atoms with E-state index in [9.17, 15) is 4.79 Å². The molecule has 0 aromatic rings. The normalized spacial score (nSPS) is 19.5. The van der Waals surface area contributed by atoms with Gasteiger partial charge >= 0.3 is 0 Å². The van der Waals surface area contributed by atoms with Gasteiger partial charge in [0.15, 0.2) is 0 Å². The number of rotatable bonds is 4. The maximum absolute atomic E-state index is 11.9. The van der Waals surface area contributed by atoms with Crippen molar-refractivity contribution in [3.05, 3.63) is 0 Å². The topological polar surface area (TPSA) is 46.3 Å². The Labute approximate surface area is 93.0 Å². The third-order valence-electron chi connectivity index (χ3n) is 3.53. The first-order chi connectivity index (χ1) is 7.02. The first-order valence-electron chi connectivity index (χ1n) is 6.03. The average molecular weight is 212 g/mol. The molecule has 88 valence electrons. The Balaban J connectivity index is 2.38. The minimum atomic E-state index is 0.00125. The van der Waals surface area contributed by atoms with Gasteiger partial charge in [-0.3, -0.25) is 4.79 Å². The number of hydrogen-bond acceptors (Lipinski definition) is 2. The van der Waals surface area contributed by atoms with E-state index in [4.69, 9.17) is 5.73 Å². The second kappa shape index (κ2) is 5.50. The molecule has 0 radical (unpaired) electrons. The van der Waals surface area contributed by atoms with Gasteiger partial charge in [-0.25, -0.2) is 0 Å². The van der Waals surface area contributed by atoms with Crippen molar-refractivity contribution in [2.75, 3.05) is 7.05 Å². The Morgan fingerprint density at radius 2 is 1.93 bits per heavy atom. The lowest BCUT2D eigenvalue weighted by Gasteiger charge is -2.26. The van der Waals surface area contributed by atoms with Crippen LogP contribution in [0.15, 0.2) is 0 Å². The van der Waals surface area contributed by atoms with E-state index in [0.717, 1.165) is 0 Å². The van der Waals surface area contributed by atoms with Gasteiger partial charge < -0.3 is 10.6 Å². The minimum absolute atomic E-state index is 0.00125. The van der Waals surface area contributed by atoms with Crippen molar-refractivity contribution in [3.63, 3.8) is 0 Å². The predicted molar refractivity (Wildman–Crippen MR) is 62.5 cm³/mol. The maximum Gasteiger partial charge on any atom is 0.224 e. The van der Waals surface area contributed by atoms with E-state index in [-0.39, 0.29) is 11.9 Å². The van der Waals surface area contributed by atoms with E-state index in [1.165, 1.54) is 25.7 Å². The molecule has 1 aliphatic rings. The number of hydrogen-bond donors (Lipinski definition) is 1. The lowest BCUT2D eigenvalue weighted by atomic mass is 10.0. The maximum atomic E-state index is 11.9. The highest BCUT2D eigenvalue weighted by molar-refractivity contribution is 5.76. The molecule has 3 heteroatoms. The zero-order valence-corrected chi connectivity index (χ0v) is 10.2. The van der Waals surface area contributed by atoms with Crippen LogP contribution in [0.4, 0.5) is 0 Å². The first-order valence-corrected chi connectivity index (χ1v) is 6.03. The number of carbonyl (C=O) groups excluding carboxylic acids is 1. The quantitative estimate of drug-likeness (QED) is 0.772. The second-order valence-corrected chi connectivity index (χ2v) is 5.05.